The first-order valence-corrected chi connectivity index (χ1v) is 5.07. The predicted molar refractivity (Wildman–Crippen MR) is 57.7 cm³/mol. The number of hydrogen-bond acceptors (Lipinski definition) is 4. The first-order valence-electron chi connectivity index (χ1n) is 5.07. The molecule has 1 aromatic rings. The Hall–Kier alpha value is -0.840. The highest BCUT2D eigenvalue weighted by molar-refractivity contribution is 5.20. The lowest BCUT2D eigenvalue weighted by Crippen LogP contribution is -2.04. The van der Waals surface area contributed by atoms with Crippen molar-refractivity contribution in [1.29, 1.82) is 0 Å². The zero-order valence-electron chi connectivity index (χ0n) is 9.63. The topological polar surface area (TPSA) is 43.6 Å². The van der Waals surface area contributed by atoms with Gasteiger partial charge in [0.2, 0.25) is 0 Å². The van der Waals surface area contributed by atoms with Crippen LogP contribution in [0.5, 0.6) is 0 Å². The van der Waals surface area contributed by atoms with Crippen molar-refractivity contribution >= 4 is 0 Å². The van der Waals surface area contributed by atoms with Crippen LogP contribution >= 0.6 is 0 Å². The van der Waals surface area contributed by atoms with E-state index in [0.717, 1.165) is 18.1 Å². The molecule has 4 nitrogen and oxygen atoms in total. The van der Waals surface area contributed by atoms with Crippen LogP contribution in [0.25, 0.3) is 0 Å². The van der Waals surface area contributed by atoms with E-state index < -0.39 is 0 Å². The van der Waals surface area contributed by atoms with Crippen molar-refractivity contribution < 1.29 is 13.9 Å². The van der Waals surface area contributed by atoms with Crippen molar-refractivity contribution in [2.45, 2.75) is 20.1 Å². The number of methoxy groups -OCH3 is 1. The van der Waals surface area contributed by atoms with E-state index in [1.165, 1.54) is 5.56 Å². The van der Waals surface area contributed by atoms with E-state index in [-0.39, 0.29) is 0 Å². The summed E-state index contributed by atoms with van der Waals surface area (Å²) in [6.07, 6.45) is 0. The fraction of sp³-hybridized carbons (Fsp3) is 0.636. The quantitative estimate of drug-likeness (QED) is 0.697. The van der Waals surface area contributed by atoms with Gasteiger partial charge in [-0.3, -0.25) is 0 Å². The molecule has 0 atom stereocenters. The van der Waals surface area contributed by atoms with Gasteiger partial charge in [-0.05, 0) is 20.0 Å². The lowest BCUT2D eigenvalue weighted by Gasteiger charge is -1.99. The van der Waals surface area contributed by atoms with Gasteiger partial charge in [0.15, 0.2) is 0 Å². The first-order chi connectivity index (χ1) is 7.27. The van der Waals surface area contributed by atoms with Crippen LogP contribution in [-0.4, -0.2) is 27.4 Å². The lowest BCUT2D eigenvalue weighted by atomic mass is 10.2. The molecule has 0 aliphatic carbocycles. The number of rotatable bonds is 7. The van der Waals surface area contributed by atoms with Crippen LogP contribution < -0.4 is 5.32 Å². The molecule has 0 radical (unpaired) electrons. The summed E-state index contributed by atoms with van der Waals surface area (Å²) in [5, 5.41) is 3.09. The molecular formula is C11H19NO3. The molecule has 0 unspecified atom stereocenters. The van der Waals surface area contributed by atoms with Gasteiger partial charge in [0.1, 0.15) is 18.1 Å². The van der Waals surface area contributed by atoms with E-state index in [2.05, 4.69) is 5.32 Å². The van der Waals surface area contributed by atoms with Crippen LogP contribution in [0.15, 0.2) is 10.5 Å². The second-order valence-corrected chi connectivity index (χ2v) is 3.37. The summed E-state index contributed by atoms with van der Waals surface area (Å²) in [5.74, 6) is 1.82. The fourth-order valence-corrected chi connectivity index (χ4v) is 1.34. The van der Waals surface area contributed by atoms with Gasteiger partial charge < -0.3 is 19.2 Å². The minimum absolute atomic E-state index is 0.508. The highest BCUT2D eigenvalue weighted by Gasteiger charge is 2.06. The summed E-state index contributed by atoms with van der Waals surface area (Å²) in [7, 11) is 3.58. The summed E-state index contributed by atoms with van der Waals surface area (Å²) >= 11 is 0. The van der Waals surface area contributed by atoms with Crippen molar-refractivity contribution in [2.24, 2.45) is 0 Å². The smallest absolute Gasteiger partial charge is 0.130 e. The first kappa shape index (κ1) is 12.2. The maximum absolute atomic E-state index is 5.54. The molecule has 0 bridgehead atoms. The van der Waals surface area contributed by atoms with Crippen molar-refractivity contribution in [3.05, 3.63) is 23.2 Å². The Morgan fingerprint density at radius 2 is 2.20 bits per heavy atom. The van der Waals surface area contributed by atoms with Crippen LogP contribution in [0.3, 0.4) is 0 Å². The van der Waals surface area contributed by atoms with Crippen molar-refractivity contribution in [3.8, 4) is 0 Å². The summed E-state index contributed by atoms with van der Waals surface area (Å²) in [5.41, 5.74) is 1.18. The molecule has 0 aliphatic heterocycles. The molecule has 0 spiro atoms. The van der Waals surface area contributed by atoms with Gasteiger partial charge in [-0.1, -0.05) is 0 Å². The Balaban J connectivity index is 2.37. The third-order valence-corrected chi connectivity index (χ3v) is 2.11. The van der Waals surface area contributed by atoms with E-state index in [1.54, 1.807) is 7.11 Å². The normalized spacial score (nSPS) is 10.9. The number of ether oxygens (including phenoxy) is 2. The maximum Gasteiger partial charge on any atom is 0.130 e. The molecule has 0 saturated carbocycles. The van der Waals surface area contributed by atoms with E-state index in [4.69, 9.17) is 13.9 Å². The molecular weight excluding hydrogens is 194 g/mol. The van der Waals surface area contributed by atoms with E-state index in [1.807, 2.05) is 20.0 Å². The molecule has 1 rings (SSSR count). The Bertz CT molecular complexity index is 283. The zero-order chi connectivity index (χ0) is 11.1. The third-order valence-electron chi connectivity index (χ3n) is 2.11. The summed E-state index contributed by atoms with van der Waals surface area (Å²) < 4.78 is 15.8. The molecule has 4 heteroatoms. The molecule has 15 heavy (non-hydrogen) atoms. The third kappa shape index (κ3) is 4.03. The predicted octanol–water partition coefficient (Wildman–Crippen LogP) is 1.47. The molecule has 1 heterocycles. The molecule has 0 amide bonds. The van der Waals surface area contributed by atoms with Crippen LogP contribution in [0.2, 0.25) is 0 Å². The standard InChI is InChI=1S/C11H19NO3/c1-9-10(7-12-2)6-11(15-9)8-14-5-4-13-3/h6,12H,4-5,7-8H2,1-3H3. The number of hydrogen-bond donors (Lipinski definition) is 1. The minimum Gasteiger partial charge on any atom is -0.464 e. The molecule has 0 aliphatic rings. The molecule has 0 aromatic carbocycles. The average molecular weight is 213 g/mol. The Labute approximate surface area is 90.6 Å². The number of furan rings is 1. The summed E-state index contributed by atoms with van der Waals surface area (Å²) in [6.45, 7) is 4.51. The van der Waals surface area contributed by atoms with Gasteiger partial charge >= 0.3 is 0 Å². The maximum atomic E-state index is 5.54. The second-order valence-electron chi connectivity index (χ2n) is 3.37. The SMILES string of the molecule is CNCc1cc(COCCOC)oc1C. The molecule has 0 saturated heterocycles. The molecule has 1 N–H and O–H groups in total. The van der Waals surface area contributed by atoms with Crippen LogP contribution in [0.1, 0.15) is 17.1 Å². The van der Waals surface area contributed by atoms with Gasteiger partial charge in [0.25, 0.3) is 0 Å². The van der Waals surface area contributed by atoms with E-state index >= 15 is 0 Å². The molecule has 1 aromatic heterocycles. The van der Waals surface area contributed by atoms with Crippen LogP contribution in [0.4, 0.5) is 0 Å². The zero-order valence-corrected chi connectivity index (χ0v) is 9.63. The molecule has 86 valence electrons. The van der Waals surface area contributed by atoms with Crippen LogP contribution in [0, 0.1) is 6.92 Å². The average Bonchev–Trinajstić information content (AvgIpc) is 2.55. The minimum atomic E-state index is 0.508. The highest BCUT2D eigenvalue weighted by atomic mass is 16.5. The molecule has 0 fully saturated rings. The second kappa shape index (κ2) is 6.61. The summed E-state index contributed by atoms with van der Waals surface area (Å²) in [4.78, 5) is 0. The lowest BCUT2D eigenvalue weighted by molar-refractivity contribution is 0.0535. The monoisotopic (exact) mass is 213 g/mol. The van der Waals surface area contributed by atoms with Gasteiger partial charge in [-0.15, -0.1) is 0 Å². The fourth-order valence-electron chi connectivity index (χ4n) is 1.34. The van der Waals surface area contributed by atoms with E-state index in [0.29, 0.717) is 19.8 Å². The number of nitrogens with one attached hydrogen (secondary N) is 1. The van der Waals surface area contributed by atoms with Gasteiger partial charge in [0.05, 0.1) is 13.2 Å². The van der Waals surface area contributed by atoms with Crippen LogP contribution in [-0.2, 0) is 22.6 Å². The Morgan fingerprint density at radius 1 is 1.40 bits per heavy atom. The largest absolute Gasteiger partial charge is 0.464 e. The van der Waals surface area contributed by atoms with Crippen molar-refractivity contribution in [1.82, 2.24) is 5.32 Å². The van der Waals surface area contributed by atoms with E-state index in [9.17, 15) is 0 Å². The van der Waals surface area contributed by atoms with Gasteiger partial charge in [0, 0.05) is 19.2 Å². The van der Waals surface area contributed by atoms with Crippen molar-refractivity contribution in [3.63, 3.8) is 0 Å². The highest BCUT2D eigenvalue weighted by Crippen LogP contribution is 2.15. The van der Waals surface area contributed by atoms with Crippen molar-refractivity contribution in [2.75, 3.05) is 27.4 Å². The summed E-state index contributed by atoms with van der Waals surface area (Å²) in [6, 6.07) is 2.03. The number of aryl methyl sites for hydroxylation is 1. The van der Waals surface area contributed by atoms with Gasteiger partial charge in [-0.2, -0.15) is 0 Å². The Kier molecular flexibility index (Phi) is 5.39. The Morgan fingerprint density at radius 3 is 2.87 bits per heavy atom. The van der Waals surface area contributed by atoms with Gasteiger partial charge in [-0.25, -0.2) is 0 Å².